The van der Waals surface area contributed by atoms with Crippen molar-refractivity contribution in [3.8, 4) is 11.3 Å². The second kappa shape index (κ2) is 3.76. The van der Waals surface area contributed by atoms with E-state index in [-0.39, 0.29) is 0 Å². The van der Waals surface area contributed by atoms with Crippen molar-refractivity contribution in [3.05, 3.63) is 46.5 Å². The molecule has 4 rings (SSSR count). The molecular formula is C14H8OSe2. The second-order valence-electron chi connectivity index (χ2n) is 3.90. The van der Waals surface area contributed by atoms with Gasteiger partial charge in [0.1, 0.15) is 0 Å². The first-order valence-corrected chi connectivity index (χ1v) is 9.04. The molecule has 0 amide bonds. The van der Waals surface area contributed by atoms with E-state index >= 15 is 0 Å². The Bertz CT molecular complexity index is 741. The van der Waals surface area contributed by atoms with Crippen LogP contribution < -0.4 is 0 Å². The Labute approximate surface area is 110 Å². The van der Waals surface area contributed by atoms with Crippen LogP contribution in [0.3, 0.4) is 0 Å². The van der Waals surface area contributed by atoms with E-state index in [1.165, 1.54) is 24.9 Å². The fourth-order valence-electron chi connectivity index (χ4n) is 2.20. The minimum absolute atomic E-state index is 0.454. The average Bonchev–Trinajstić information content (AvgIpc) is 3.06. The van der Waals surface area contributed by atoms with Crippen LogP contribution in [-0.4, -0.2) is 29.0 Å². The third-order valence-electron chi connectivity index (χ3n) is 2.94. The molecule has 0 unspecified atom stereocenters. The molecule has 3 aromatic heterocycles. The van der Waals surface area contributed by atoms with E-state index in [0.717, 1.165) is 5.76 Å². The van der Waals surface area contributed by atoms with Crippen LogP contribution in [0.15, 0.2) is 50.9 Å². The Morgan fingerprint density at radius 3 is 2.82 bits per heavy atom. The number of rotatable bonds is 1. The summed E-state index contributed by atoms with van der Waals surface area (Å²) in [6, 6.07) is 10.9. The monoisotopic (exact) mass is 352 g/mol. The minimum atomic E-state index is 0.454. The second-order valence-corrected chi connectivity index (χ2v) is 7.81. The summed E-state index contributed by atoms with van der Waals surface area (Å²) in [5, 5.41) is 2.80. The Balaban J connectivity index is 2.27. The molecule has 0 atom stereocenters. The zero-order chi connectivity index (χ0) is 11.2. The molecule has 0 spiro atoms. The molecule has 0 fully saturated rings. The number of benzene rings is 1. The maximum absolute atomic E-state index is 5.63. The molecule has 0 bridgehead atoms. The van der Waals surface area contributed by atoms with Crippen molar-refractivity contribution in [2.24, 2.45) is 0 Å². The Morgan fingerprint density at radius 2 is 1.94 bits per heavy atom. The summed E-state index contributed by atoms with van der Waals surface area (Å²) in [7, 11) is 0. The molecule has 0 N–H and O–H groups in total. The predicted octanol–water partition coefficient (Wildman–Crippen LogP) is 3.37. The molecule has 4 aromatic rings. The molecule has 0 saturated heterocycles. The van der Waals surface area contributed by atoms with Gasteiger partial charge in [-0.05, 0) is 0 Å². The molecular weight excluding hydrogens is 342 g/mol. The molecule has 3 heterocycles. The SMILES string of the molecule is c1coc(-c2c3cc[se]c3cc3cc[se]c23)c1. The fourth-order valence-corrected chi connectivity index (χ4v) is 5.95. The zero-order valence-electron chi connectivity index (χ0n) is 8.84. The summed E-state index contributed by atoms with van der Waals surface area (Å²) in [6.07, 6.45) is 1.76. The summed E-state index contributed by atoms with van der Waals surface area (Å²) < 4.78 is 8.60. The van der Waals surface area contributed by atoms with Crippen LogP contribution in [0.5, 0.6) is 0 Å². The first kappa shape index (κ1) is 9.99. The summed E-state index contributed by atoms with van der Waals surface area (Å²) >= 11 is 0.949. The standard InChI is InChI=1S/C14H8OSe2/c1-2-11(15-5-1)13-10-4-7-16-12(10)8-9-3-6-17-14(9)13/h1-8H. The van der Waals surface area contributed by atoms with Gasteiger partial charge in [0.2, 0.25) is 0 Å². The summed E-state index contributed by atoms with van der Waals surface area (Å²) in [6.45, 7) is 0. The fraction of sp³-hybridized carbons (Fsp3) is 0. The van der Waals surface area contributed by atoms with E-state index in [0.29, 0.717) is 29.0 Å². The zero-order valence-corrected chi connectivity index (χ0v) is 12.3. The van der Waals surface area contributed by atoms with Crippen molar-refractivity contribution in [3.63, 3.8) is 0 Å². The van der Waals surface area contributed by atoms with E-state index in [9.17, 15) is 0 Å². The number of hydrogen-bond donors (Lipinski definition) is 0. The van der Waals surface area contributed by atoms with Crippen molar-refractivity contribution in [1.29, 1.82) is 0 Å². The van der Waals surface area contributed by atoms with E-state index in [1.807, 2.05) is 6.07 Å². The third kappa shape index (κ3) is 1.44. The van der Waals surface area contributed by atoms with Gasteiger partial charge < -0.3 is 0 Å². The van der Waals surface area contributed by atoms with Gasteiger partial charge in [0.05, 0.1) is 0 Å². The average molecular weight is 350 g/mol. The first-order valence-electron chi connectivity index (χ1n) is 5.35. The molecule has 3 heteroatoms. The maximum atomic E-state index is 5.63. The molecule has 1 nitrogen and oxygen atoms in total. The molecule has 0 aliphatic carbocycles. The molecule has 0 radical (unpaired) electrons. The molecule has 0 aliphatic rings. The quantitative estimate of drug-likeness (QED) is 0.480. The topological polar surface area (TPSA) is 13.1 Å². The molecule has 1 aromatic carbocycles. The first-order chi connectivity index (χ1) is 8.43. The van der Waals surface area contributed by atoms with Crippen LogP contribution >= 0.6 is 0 Å². The van der Waals surface area contributed by atoms with Crippen molar-refractivity contribution in [2.45, 2.75) is 0 Å². The van der Waals surface area contributed by atoms with Gasteiger partial charge >= 0.3 is 111 Å². The van der Waals surface area contributed by atoms with Crippen LogP contribution in [0, 0.1) is 0 Å². The van der Waals surface area contributed by atoms with Gasteiger partial charge in [-0.15, -0.1) is 0 Å². The van der Waals surface area contributed by atoms with Crippen molar-refractivity contribution in [1.82, 2.24) is 0 Å². The summed E-state index contributed by atoms with van der Waals surface area (Å²) in [5.41, 5.74) is 1.34. The Kier molecular flexibility index (Phi) is 2.21. The van der Waals surface area contributed by atoms with Gasteiger partial charge in [-0.2, -0.15) is 0 Å². The molecule has 0 saturated carbocycles. The van der Waals surface area contributed by atoms with Gasteiger partial charge in [0.15, 0.2) is 0 Å². The normalized spacial score (nSPS) is 11.5. The number of furan rings is 1. The Hall–Kier alpha value is -0.981. The van der Waals surface area contributed by atoms with Crippen LogP contribution in [0.2, 0.25) is 0 Å². The van der Waals surface area contributed by atoms with E-state index in [4.69, 9.17) is 4.42 Å². The van der Waals surface area contributed by atoms with E-state index < -0.39 is 0 Å². The molecule has 17 heavy (non-hydrogen) atoms. The van der Waals surface area contributed by atoms with E-state index in [2.05, 4.69) is 34.1 Å². The van der Waals surface area contributed by atoms with Gasteiger partial charge in [-0.3, -0.25) is 0 Å². The number of fused-ring (bicyclic) bond motifs is 2. The Morgan fingerprint density at radius 1 is 1.00 bits per heavy atom. The number of hydrogen-bond acceptors (Lipinski definition) is 1. The summed E-state index contributed by atoms with van der Waals surface area (Å²) in [5.74, 6) is 1.02. The molecule has 82 valence electrons. The van der Waals surface area contributed by atoms with E-state index in [1.54, 1.807) is 6.26 Å². The van der Waals surface area contributed by atoms with Crippen LogP contribution in [-0.2, 0) is 0 Å². The van der Waals surface area contributed by atoms with Crippen molar-refractivity contribution >= 4 is 48.3 Å². The molecule has 0 aliphatic heterocycles. The van der Waals surface area contributed by atoms with Gasteiger partial charge in [0, 0.05) is 0 Å². The van der Waals surface area contributed by atoms with Gasteiger partial charge in [-0.25, -0.2) is 0 Å². The van der Waals surface area contributed by atoms with Crippen molar-refractivity contribution in [2.75, 3.05) is 0 Å². The third-order valence-corrected chi connectivity index (χ3v) is 6.74. The van der Waals surface area contributed by atoms with Crippen LogP contribution in [0.1, 0.15) is 0 Å². The van der Waals surface area contributed by atoms with Crippen LogP contribution in [0.4, 0.5) is 0 Å². The van der Waals surface area contributed by atoms with Gasteiger partial charge in [0.25, 0.3) is 0 Å². The van der Waals surface area contributed by atoms with Crippen molar-refractivity contribution < 1.29 is 4.42 Å². The predicted molar refractivity (Wildman–Crippen MR) is 73.0 cm³/mol. The van der Waals surface area contributed by atoms with Gasteiger partial charge in [-0.1, -0.05) is 0 Å². The van der Waals surface area contributed by atoms with Crippen LogP contribution in [0.25, 0.3) is 30.6 Å². The summed E-state index contributed by atoms with van der Waals surface area (Å²) in [4.78, 5) is 4.60.